The van der Waals surface area contributed by atoms with Gasteiger partial charge in [-0.2, -0.15) is 0 Å². The van der Waals surface area contributed by atoms with Crippen molar-refractivity contribution in [1.82, 2.24) is 0 Å². The number of rotatable bonds is 4. The monoisotopic (exact) mass is 346 g/mol. The molecule has 1 aliphatic rings. The summed E-state index contributed by atoms with van der Waals surface area (Å²) in [6.07, 6.45) is 1.46. The topological polar surface area (TPSA) is 33.6 Å². The largest absolute Gasteiger partial charge is 0.465 e. The van der Waals surface area contributed by atoms with Gasteiger partial charge in [-0.3, -0.25) is 0 Å². The molecule has 0 saturated heterocycles. The molecule has 3 nitrogen and oxygen atoms in total. The molecule has 24 heavy (non-hydrogen) atoms. The molecule has 0 amide bonds. The van der Waals surface area contributed by atoms with Crippen molar-refractivity contribution in [3.63, 3.8) is 0 Å². The first-order chi connectivity index (χ1) is 11.5. The van der Waals surface area contributed by atoms with Crippen molar-refractivity contribution in [3.05, 3.63) is 58.4 Å². The molecule has 1 N–H and O–H groups in total. The molecule has 0 atom stereocenters. The SMILES string of the molecule is CCC1(CC)N=C(c2ccc(F)cc2)c2c(Cl)cc(NC)cc2O1. The lowest BCUT2D eigenvalue weighted by molar-refractivity contribution is 0.0660. The maximum Gasteiger partial charge on any atom is 0.200 e. The Balaban J connectivity index is 2.24. The smallest absolute Gasteiger partial charge is 0.200 e. The Bertz CT molecular complexity index is 783. The van der Waals surface area contributed by atoms with Gasteiger partial charge in [0, 0.05) is 37.2 Å². The molecule has 2 aromatic rings. The van der Waals surface area contributed by atoms with Gasteiger partial charge in [0.1, 0.15) is 11.6 Å². The summed E-state index contributed by atoms with van der Waals surface area (Å²) in [5.41, 5.74) is 2.56. The van der Waals surface area contributed by atoms with Crippen LogP contribution in [0, 0.1) is 5.82 Å². The molecule has 0 unspecified atom stereocenters. The van der Waals surface area contributed by atoms with Gasteiger partial charge in [0.2, 0.25) is 0 Å². The average molecular weight is 347 g/mol. The molecule has 1 aliphatic heterocycles. The third kappa shape index (κ3) is 2.86. The second-order valence-corrected chi connectivity index (χ2v) is 6.21. The summed E-state index contributed by atoms with van der Waals surface area (Å²) in [7, 11) is 1.84. The Hall–Kier alpha value is -2.07. The molecule has 3 rings (SSSR count). The van der Waals surface area contributed by atoms with Crippen molar-refractivity contribution in [1.29, 1.82) is 0 Å². The van der Waals surface area contributed by atoms with Crippen molar-refractivity contribution in [3.8, 4) is 5.75 Å². The van der Waals surface area contributed by atoms with Gasteiger partial charge in [-0.05, 0) is 30.3 Å². The van der Waals surface area contributed by atoms with Gasteiger partial charge < -0.3 is 10.1 Å². The van der Waals surface area contributed by atoms with E-state index in [2.05, 4.69) is 5.32 Å². The maximum absolute atomic E-state index is 13.3. The fourth-order valence-corrected chi connectivity index (χ4v) is 3.19. The van der Waals surface area contributed by atoms with Gasteiger partial charge in [0.05, 0.1) is 16.3 Å². The number of hydrogen-bond donors (Lipinski definition) is 1. The van der Waals surface area contributed by atoms with Crippen LogP contribution in [0.25, 0.3) is 0 Å². The van der Waals surface area contributed by atoms with E-state index >= 15 is 0 Å². The highest BCUT2D eigenvalue weighted by Gasteiger charge is 2.35. The Kier molecular flexibility index (Phi) is 4.50. The van der Waals surface area contributed by atoms with Gasteiger partial charge in [-0.15, -0.1) is 0 Å². The number of fused-ring (bicyclic) bond motifs is 1. The van der Waals surface area contributed by atoms with Crippen LogP contribution >= 0.6 is 11.6 Å². The van der Waals surface area contributed by atoms with Crippen molar-refractivity contribution in [2.24, 2.45) is 4.99 Å². The molecule has 0 aliphatic carbocycles. The molecule has 2 aromatic carbocycles. The van der Waals surface area contributed by atoms with E-state index in [0.29, 0.717) is 10.8 Å². The van der Waals surface area contributed by atoms with Crippen molar-refractivity contribution >= 4 is 23.0 Å². The van der Waals surface area contributed by atoms with Crippen LogP contribution in [0.1, 0.15) is 37.8 Å². The molecule has 5 heteroatoms. The summed E-state index contributed by atoms with van der Waals surface area (Å²) >= 11 is 6.51. The first kappa shape index (κ1) is 16.8. The highest BCUT2D eigenvalue weighted by atomic mass is 35.5. The lowest BCUT2D eigenvalue weighted by atomic mass is 9.96. The van der Waals surface area contributed by atoms with Gasteiger partial charge in [0.15, 0.2) is 5.72 Å². The first-order valence-electron chi connectivity index (χ1n) is 8.08. The van der Waals surface area contributed by atoms with Crippen LogP contribution in [0.3, 0.4) is 0 Å². The Labute approximate surface area is 146 Å². The molecule has 0 bridgehead atoms. The number of benzene rings is 2. The summed E-state index contributed by atoms with van der Waals surface area (Å²) in [6.45, 7) is 4.09. The number of aliphatic imine (C=N–C) groups is 1. The van der Waals surface area contributed by atoms with E-state index in [1.165, 1.54) is 12.1 Å². The summed E-state index contributed by atoms with van der Waals surface area (Å²) in [5.74, 6) is 0.422. The van der Waals surface area contributed by atoms with Crippen LogP contribution in [0.5, 0.6) is 5.75 Å². The van der Waals surface area contributed by atoms with Gasteiger partial charge in [-0.25, -0.2) is 9.38 Å². The standard InChI is InChI=1S/C19H20ClFN2O/c1-4-19(5-2)23-18(12-6-8-13(21)9-7-12)17-15(20)10-14(22-3)11-16(17)24-19/h6-11,22H,4-5H2,1-3H3. The van der Waals surface area contributed by atoms with Crippen LogP contribution in [-0.2, 0) is 0 Å². The zero-order valence-electron chi connectivity index (χ0n) is 14.0. The third-order valence-electron chi connectivity index (χ3n) is 4.42. The minimum Gasteiger partial charge on any atom is -0.465 e. The van der Waals surface area contributed by atoms with Crippen LogP contribution in [-0.4, -0.2) is 18.5 Å². The van der Waals surface area contributed by atoms with E-state index in [9.17, 15) is 4.39 Å². The zero-order chi connectivity index (χ0) is 17.3. The second kappa shape index (κ2) is 6.44. The third-order valence-corrected chi connectivity index (χ3v) is 4.72. The van der Waals surface area contributed by atoms with Crippen LogP contribution < -0.4 is 10.1 Å². The van der Waals surface area contributed by atoms with E-state index in [0.717, 1.165) is 35.4 Å². The zero-order valence-corrected chi connectivity index (χ0v) is 14.7. The van der Waals surface area contributed by atoms with E-state index in [1.54, 1.807) is 12.1 Å². The maximum atomic E-state index is 13.3. The van der Waals surface area contributed by atoms with Crippen molar-refractivity contribution < 1.29 is 9.13 Å². The Morgan fingerprint density at radius 3 is 2.42 bits per heavy atom. The molecular weight excluding hydrogens is 327 g/mol. The van der Waals surface area contributed by atoms with Crippen molar-refractivity contribution in [2.75, 3.05) is 12.4 Å². The fourth-order valence-electron chi connectivity index (χ4n) is 2.89. The summed E-state index contributed by atoms with van der Waals surface area (Å²) < 4.78 is 19.5. The van der Waals surface area contributed by atoms with Gasteiger partial charge >= 0.3 is 0 Å². The Morgan fingerprint density at radius 1 is 1.17 bits per heavy atom. The molecule has 1 heterocycles. The number of nitrogens with zero attached hydrogens (tertiary/aromatic N) is 1. The molecule has 0 fully saturated rings. The minimum atomic E-state index is -0.633. The van der Waals surface area contributed by atoms with E-state index < -0.39 is 5.72 Å². The van der Waals surface area contributed by atoms with Crippen LogP contribution in [0.4, 0.5) is 10.1 Å². The molecule has 0 aromatic heterocycles. The molecule has 0 radical (unpaired) electrons. The van der Waals surface area contributed by atoms with E-state index in [1.807, 2.05) is 33.0 Å². The van der Waals surface area contributed by atoms with Crippen LogP contribution in [0.2, 0.25) is 5.02 Å². The van der Waals surface area contributed by atoms with E-state index in [-0.39, 0.29) is 5.82 Å². The first-order valence-corrected chi connectivity index (χ1v) is 8.46. The predicted molar refractivity (Wildman–Crippen MR) is 97.0 cm³/mol. The van der Waals surface area contributed by atoms with Gasteiger partial charge in [-0.1, -0.05) is 25.4 Å². The second-order valence-electron chi connectivity index (χ2n) is 5.80. The molecule has 126 valence electrons. The van der Waals surface area contributed by atoms with Gasteiger partial charge in [0.25, 0.3) is 0 Å². The van der Waals surface area contributed by atoms with E-state index in [4.69, 9.17) is 21.3 Å². The minimum absolute atomic E-state index is 0.277. The lowest BCUT2D eigenvalue weighted by Crippen LogP contribution is -2.37. The fraction of sp³-hybridized carbons (Fsp3) is 0.316. The average Bonchev–Trinajstić information content (AvgIpc) is 2.61. The summed E-state index contributed by atoms with van der Waals surface area (Å²) in [5, 5.41) is 3.65. The molecular formula is C19H20ClFN2O. The number of anilines is 1. The highest BCUT2D eigenvalue weighted by Crippen LogP contribution is 2.41. The number of ether oxygens (including phenoxy) is 1. The van der Waals surface area contributed by atoms with Crippen molar-refractivity contribution in [2.45, 2.75) is 32.4 Å². The number of hydrogen-bond acceptors (Lipinski definition) is 3. The summed E-state index contributed by atoms with van der Waals surface area (Å²) in [4.78, 5) is 4.87. The number of nitrogens with one attached hydrogen (secondary N) is 1. The molecule has 0 spiro atoms. The van der Waals surface area contributed by atoms with Crippen LogP contribution in [0.15, 0.2) is 41.4 Å². The highest BCUT2D eigenvalue weighted by molar-refractivity contribution is 6.36. The molecule has 0 saturated carbocycles. The normalized spacial score (nSPS) is 15.3. The predicted octanol–water partition coefficient (Wildman–Crippen LogP) is 5.27. The lowest BCUT2D eigenvalue weighted by Gasteiger charge is -2.35. The quantitative estimate of drug-likeness (QED) is 0.818. The summed E-state index contributed by atoms with van der Waals surface area (Å²) in [6, 6.07) is 10.1. The Morgan fingerprint density at radius 2 is 1.83 bits per heavy atom. The number of halogens is 2.